The fraction of sp³-hybridized carbons (Fsp3) is 0.647. The molecule has 7 heteroatoms. The van der Waals surface area contributed by atoms with Crippen LogP contribution in [-0.4, -0.2) is 91.9 Å². The van der Waals surface area contributed by atoms with E-state index in [1.807, 2.05) is 36.9 Å². The molecule has 0 spiro atoms. The van der Waals surface area contributed by atoms with Crippen LogP contribution in [0, 0.1) is 0 Å². The Bertz CT molecular complexity index is 530. The Morgan fingerprint density at radius 3 is 2.71 bits per heavy atom. The van der Waals surface area contributed by atoms with Gasteiger partial charge in [-0.05, 0) is 19.1 Å². The van der Waals surface area contributed by atoms with Crippen molar-refractivity contribution >= 4 is 11.7 Å². The topological polar surface area (TPSA) is 69.1 Å². The molecular weight excluding hydrogens is 308 g/mol. The summed E-state index contributed by atoms with van der Waals surface area (Å²) in [5.41, 5.74) is 0.665. The SMILES string of the molecule is CCOC[C@H](O)CN1CCN(C(=O)c2ccnc(N(C)C)c2)CC1. The number of hydrogen-bond donors (Lipinski definition) is 1. The Labute approximate surface area is 143 Å². The molecule has 1 atom stereocenters. The van der Waals surface area contributed by atoms with Gasteiger partial charge in [-0.25, -0.2) is 4.98 Å². The molecule has 1 fully saturated rings. The van der Waals surface area contributed by atoms with Crippen LogP contribution >= 0.6 is 0 Å². The molecule has 1 aliphatic rings. The molecule has 1 aromatic heterocycles. The number of nitrogens with zero attached hydrogens (tertiary/aromatic N) is 4. The van der Waals surface area contributed by atoms with E-state index in [0.717, 1.165) is 18.9 Å². The van der Waals surface area contributed by atoms with Crippen molar-refractivity contribution in [1.82, 2.24) is 14.8 Å². The van der Waals surface area contributed by atoms with Crippen molar-refractivity contribution in [2.24, 2.45) is 0 Å². The van der Waals surface area contributed by atoms with E-state index < -0.39 is 6.10 Å². The Kier molecular flexibility index (Phi) is 6.96. The number of aliphatic hydroxyl groups excluding tert-OH is 1. The Hall–Kier alpha value is -1.70. The van der Waals surface area contributed by atoms with Crippen LogP contribution in [0.3, 0.4) is 0 Å². The lowest BCUT2D eigenvalue weighted by atomic mass is 10.2. The third-order valence-electron chi connectivity index (χ3n) is 4.09. The van der Waals surface area contributed by atoms with E-state index in [1.165, 1.54) is 0 Å². The van der Waals surface area contributed by atoms with Gasteiger partial charge in [0.25, 0.3) is 5.91 Å². The summed E-state index contributed by atoms with van der Waals surface area (Å²) in [4.78, 5) is 22.8. The first kappa shape index (κ1) is 18.6. The highest BCUT2D eigenvalue weighted by Gasteiger charge is 2.23. The number of β-amino-alcohol motifs (C(OH)–C–C–N with tert-alkyl or cyclic N) is 1. The van der Waals surface area contributed by atoms with Gasteiger partial charge in [-0.3, -0.25) is 9.69 Å². The van der Waals surface area contributed by atoms with Gasteiger partial charge in [-0.15, -0.1) is 0 Å². The van der Waals surface area contributed by atoms with Crippen molar-refractivity contribution in [3.05, 3.63) is 23.9 Å². The summed E-state index contributed by atoms with van der Waals surface area (Å²) in [7, 11) is 3.81. The van der Waals surface area contributed by atoms with Gasteiger partial charge in [-0.1, -0.05) is 0 Å². The number of aromatic nitrogens is 1. The lowest BCUT2D eigenvalue weighted by molar-refractivity contribution is 0.0111. The first-order chi connectivity index (χ1) is 11.5. The van der Waals surface area contributed by atoms with Crippen molar-refractivity contribution in [3.63, 3.8) is 0 Å². The molecule has 24 heavy (non-hydrogen) atoms. The van der Waals surface area contributed by atoms with Crippen molar-refractivity contribution in [2.75, 3.05) is 64.9 Å². The molecule has 0 bridgehead atoms. The number of ether oxygens (including phenoxy) is 1. The van der Waals surface area contributed by atoms with Gasteiger partial charge < -0.3 is 19.6 Å². The second-order valence-corrected chi connectivity index (χ2v) is 6.20. The minimum Gasteiger partial charge on any atom is -0.389 e. The Balaban J connectivity index is 1.85. The summed E-state index contributed by atoms with van der Waals surface area (Å²) < 4.78 is 5.23. The molecule has 2 heterocycles. The maximum Gasteiger partial charge on any atom is 0.254 e. The third-order valence-corrected chi connectivity index (χ3v) is 4.09. The monoisotopic (exact) mass is 336 g/mol. The first-order valence-electron chi connectivity index (χ1n) is 8.42. The zero-order valence-electron chi connectivity index (χ0n) is 14.8. The van der Waals surface area contributed by atoms with E-state index >= 15 is 0 Å². The maximum absolute atomic E-state index is 12.6. The number of amides is 1. The number of rotatable bonds is 7. The number of piperazine rings is 1. The number of anilines is 1. The van der Waals surface area contributed by atoms with E-state index in [1.54, 1.807) is 12.3 Å². The average molecular weight is 336 g/mol. The molecular formula is C17H28N4O3. The molecule has 0 radical (unpaired) electrons. The zero-order chi connectivity index (χ0) is 17.5. The fourth-order valence-electron chi connectivity index (χ4n) is 2.72. The highest BCUT2D eigenvalue weighted by molar-refractivity contribution is 5.94. The molecule has 1 saturated heterocycles. The van der Waals surface area contributed by atoms with Crippen molar-refractivity contribution < 1.29 is 14.6 Å². The molecule has 7 nitrogen and oxygen atoms in total. The summed E-state index contributed by atoms with van der Waals surface area (Å²) in [6.07, 6.45) is 1.19. The molecule has 1 amide bonds. The van der Waals surface area contributed by atoms with E-state index in [4.69, 9.17) is 4.74 Å². The van der Waals surface area contributed by atoms with Crippen LogP contribution in [0.1, 0.15) is 17.3 Å². The number of aliphatic hydroxyl groups is 1. The minimum atomic E-state index is -0.477. The van der Waals surface area contributed by atoms with E-state index in [9.17, 15) is 9.90 Å². The Morgan fingerprint density at radius 2 is 2.08 bits per heavy atom. The summed E-state index contributed by atoms with van der Waals surface area (Å²) in [5, 5.41) is 9.91. The van der Waals surface area contributed by atoms with Gasteiger partial charge in [0, 0.05) is 65.2 Å². The second-order valence-electron chi connectivity index (χ2n) is 6.20. The van der Waals surface area contributed by atoms with E-state index in [-0.39, 0.29) is 5.91 Å². The number of carbonyl (C=O) groups is 1. The summed E-state index contributed by atoms with van der Waals surface area (Å²) in [6.45, 7) is 6.33. The van der Waals surface area contributed by atoms with Crippen molar-refractivity contribution in [2.45, 2.75) is 13.0 Å². The molecule has 1 aromatic rings. The predicted octanol–water partition coefficient (Wildman–Crippen LogP) is 0.303. The summed E-state index contributed by atoms with van der Waals surface area (Å²) >= 11 is 0. The van der Waals surface area contributed by atoms with Crippen LogP contribution in [0.5, 0.6) is 0 Å². The molecule has 134 valence electrons. The molecule has 2 rings (SSSR count). The first-order valence-corrected chi connectivity index (χ1v) is 8.42. The lowest BCUT2D eigenvalue weighted by Crippen LogP contribution is -2.50. The van der Waals surface area contributed by atoms with Crippen LogP contribution in [0.2, 0.25) is 0 Å². The summed E-state index contributed by atoms with van der Waals surface area (Å²) in [6, 6.07) is 3.58. The molecule has 0 unspecified atom stereocenters. The number of hydrogen-bond acceptors (Lipinski definition) is 6. The lowest BCUT2D eigenvalue weighted by Gasteiger charge is -2.35. The van der Waals surface area contributed by atoms with Crippen LogP contribution in [0.4, 0.5) is 5.82 Å². The van der Waals surface area contributed by atoms with Gasteiger partial charge in [-0.2, -0.15) is 0 Å². The normalized spacial score (nSPS) is 16.9. The van der Waals surface area contributed by atoms with Crippen molar-refractivity contribution in [1.29, 1.82) is 0 Å². The number of carbonyl (C=O) groups excluding carboxylic acids is 1. The Morgan fingerprint density at radius 1 is 1.38 bits per heavy atom. The van der Waals surface area contributed by atoms with Gasteiger partial charge >= 0.3 is 0 Å². The molecule has 0 aromatic carbocycles. The maximum atomic E-state index is 12.6. The van der Waals surface area contributed by atoms with Crippen LogP contribution in [-0.2, 0) is 4.74 Å². The number of pyridine rings is 1. The van der Waals surface area contributed by atoms with Crippen LogP contribution in [0.15, 0.2) is 18.3 Å². The summed E-state index contributed by atoms with van der Waals surface area (Å²) in [5.74, 6) is 0.813. The average Bonchev–Trinajstić information content (AvgIpc) is 2.60. The van der Waals surface area contributed by atoms with Crippen LogP contribution < -0.4 is 4.90 Å². The standard InChI is InChI=1S/C17H28N4O3/c1-4-24-13-15(22)12-20-7-9-21(10-8-20)17(23)14-5-6-18-16(11-14)19(2)3/h5-6,11,15,22H,4,7-10,12-13H2,1-3H3/t15-/m1/s1. The molecule has 1 aliphatic heterocycles. The quantitative estimate of drug-likeness (QED) is 0.773. The smallest absolute Gasteiger partial charge is 0.254 e. The van der Waals surface area contributed by atoms with Gasteiger partial charge in [0.05, 0.1) is 12.7 Å². The fourth-order valence-corrected chi connectivity index (χ4v) is 2.72. The highest BCUT2D eigenvalue weighted by Crippen LogP contribution is 2.13. The van der Waals surface area contributed by atoms with Gasteiger partial charge in [0.2, 0.25) is 0 Å². The van der Waals surface area contributed by atoms with Gasteiger partial charge in [0.15, 0.2) is 0 Å². The van der Waals surface area contributed by atoms with E-state index in [0.29, 0.717) is 38.4 Å². The predicted molar refractivity (Wildman–Crippen MR) is 93.4 cm³/mol. The van der Waals surface area contributed by atoms with Crippen LogP contribution in [0.25, 0.3) is 0 Å². The largest absolute Gasteiger partial charge is 0.389 e. The molecule has 1 N–H and O–H groups in total. The zero-order valence-corrected chi connectivity index (χ0v) is 14.8. The van der Waals surface area contributed by atoms with Crippen molar-refractivity contribution in [3.8, 4) is 0 Å². The second kappa shape index (κ2) is 8.96. The van der Waals surface area contributed by atoms with Gasteiger partial charge in [0.1, 0.15) is 5.82 Å². The highest BCUT2D eigenvalue weighted by atomic mass is 16.5. The minimum absolute atomic E-state index is 0.0371. The molecule has 0 saturated carbocycles. The third kappa shape index (κ3) is 5.15. The van der Waals surface area contributed by atoms with E-state index in [2.05, 4.69) is 9.88 Å². The molecule has 0 aliphatic carbocycles.